The Bertz CT molecular complexity index is 630. The molecule has 0 radical (unpaired) electrons. The standard InChI is InChI=1S/C14H13ClN2O2S/c1-20-11-5-3-10(4-6-11)19-13-7-2-9(8-12(13)15)14(16)17-18/h2-8,18H,1H3,(H2,16,17). The molecule has 2 rings (SSSR count). The molecule has 20 heavy (non-hydrogen) atoms. The molecule has 0 unspecified atom stereocenters. The topological polar surface area (TPSA) is 67.8 Å². The lowest BCUT2D eigenvalue weighted by Gasteiger charge is -2.09. The summed E-state index contributed by atoms with van der Waals surface area (Å²) in [5, 5.41) is 11.9. The molecule has 0 fully saturated rings. The van der Waals surface area contributed by atoms with Gasteiger partial charge in [-0.2, -0.15) is 0 Å². The quantitative estimate of drug-likeness (QED) is 0.295. The zero-order valence-electron chi connectivity index (χ0n) is 10.7. The van der Waals surface area contributed by atoms with Crippen molar-refractivity contribution in [2.45, 2.75) is 4.90 Å². The number of hydrogen-bond donors (Lipinski definition) is 2. The molecule has 0 spiro atoms. The summed E-state index contributed by atoms with van der Waals surface area (Å²) in [6, 6.07) is 12.6. The van der Waals surface area contributed by atoms with E-state index in [0.717, 1.165) is 4.90 Å². The van der Waals surface area contributed by atoms with Gasteiger partial charge >= 0.3 is 0 Å². The Morgan fingerprint density at radius 3 is 2.50 bits per heavy atom. The number of rotatable bonds is 4. The lowest BCUT2D eigenvalue weighted by atomic mass is 10.2. The first-order valence-corrected chi connectivity index (χ1v) is 7.33. The van der Waals surface area contributed by atoms with Gasteiger partial charge in [0.1, 0.15) is 11.5 Å². The minimum absolute atomic E-state index is 0.00257. The molecule has 2 aromatic carbocycles. The lowest BCUT2D eigenvalue weighted by molar-refractivity contribution is 0.318. The first-order valence-electron chi connectivity index (χ1n) is 5.73. The lowest BCUT2D eigenvalue weighted by Crippen LogP contribution is -2.12. The fraction of sp³-hybridized carbons (Fsp3) is 0.0714. The molecule has 0 aliphatic carbocycles. The van der Waals surface area contributed by atoms with Crippen LogP contribution in [0.15, 0.2) is 52.5 Å². The van der Waals surface area contributed by atoms with Gasteiger partial charge in [0, 0.05) is 10.5 Å². The van der Waals surface area contributed by atoms with E-state index in [1.54, 1.807) is 30.0 Å². The van der Waals surface area contributed by atoms with E-state index in [9.17, 15) is 0 Å². The molecule has 0 aliphatic rings. The highest BCUT2D eigenvalue weighted by molar-refractivity contribution is 7.98. The molecule has 0 saturated carbocycles. The highest BCUT2D eigenvalue weighted by Crippen LogP contribution is 2.31. The van der Waals surface area contributed by atoms with Crippen molar-refractivity contribution in [2.75, 3.05) is 6.26 Å². The van der Waals surface area contributed by atoms with E-state index in [2.05, 4.69) is 5.16 Å². The van der Waals surface area contributed by atoms with E-state index < -0.39 is 0 Å². The van der Waals surface area contributed by atoms with E-state index in [0.29, 0.717) is 22.1 Å². The molecular weight excluding hydrogens is 296 g/mol. The number of amidine groups is 1. The number of benzene rings is 2. The number of nitrogens with two attached hydrogens (primary N) is 1. The van der Waals surface area contributed by atoms with Crippen molar-refractivity contribution < 1.29 is 9.94 Å². The third-order valence-corrected chi connectivity index (χ3v) is 3.66. The number of ether oxygens (including phenoxy) is 1. The largest absolute Gasteiger partial charge is 0.456 e. The fourth-order valence-corrected chi connectivity index (χ4v) is 2.20. The summed E-state index contributed by atoms with van der Waals surface area (Å²) >= 11 is 7.78. The summed E-state index contributed by atoms with van der Waals surface area (Å²) in [4.78, 5) is 1.16. The Morgan fingerprint density at radius 1 is 1.25 bits per heavy atom. The second-order valence-corrected chi connectivity index (χ2v) is 5.19. The monoisotopic (exact) mass is 308 g/mol. The maximum atomic E-state index is 8.62. The summed E-state index contributed by atoms with van der Waals surface area (Å²) in [7, 11) is 0. The van der Waals surface area contributed by atoms with Gasteiger partial charge in [0.25, 0.3) is 0 Å². The Balaban J connectivity index is 2.20. The Kier molecular flexibility index (Phi) is 4.76. The van der Waals surface area contributed by atoms with Crippen molar-refractivity contribution in [3.8, 4) is 11.5 Å². The molecule has 3 N–H and O–H groups in total. The van der Waals surface area contributed by atoms with E-state index >= 15 is 0 Å². The van der Waals surface area contributed by atoms with Gasteiger partial charge in [0.2, 0.25) is 0 Å². The number of thioether (sulfide) groups is 1. The van der Waals surface area contributed by atoms with Crippen molar-refractivity contribution in [3.05, 3.63) is 53.1 Å². The molecule has 0 amide bonds. The molecule has 0 heterocycles. The van der Waals surface area contributed by atoms with Crippen LogP contribution in [-0.4, -0.2) is 17.3 Å². The average molecular weight is 309 g/mol. The molecule has 2 aromatic rings. The third kappa shape index (κ3) is 3.37. The second-order valence-electron chi connectivity index (χ2n) is 3.91. The summed E-state index contributed by atoms with van der Waals surface area (Å²) < 4.78 is 5.69. The van der Waals surface area contributed by atoms with E-state index in [1.807, 2.05) is 30.5 Å². The molecule has 0 aromatic heterocycles. The van der Waals surface area contributed by atoms with Crippen LogP contribution in [0, 0.1) is 0 Å². The van der Waals surface area contributed by atoms with Gasteiger partial charge in [-0.05, 0) is 48.7 Å². The zero-order chi connectivity index (χ0) is 14.5. The highest BCUT2D eigenvalue weighted by Gasteiger charge is 2.07. The normalized spacial score (nSPS) is 11.4. The second kappa shape index (κ2) is 6.54. The van der Waals surface area contributed by atoms with Gasteiger partial charge in [-0.25, -0.2) is 0 Å². The number of halogens is 1. The first kappa shape index (κ1) is 14.6. The fourth-order valence-electron chi connectivity index (χ4n) is 1.57. The minimum atomic E-state index is 0.00257. The predicted molar refractivity (Wildman–Crippen MR) is 82.3 cm³/mol. The van der Waals surface area contributed by atoms with Crippen LogP contribution in [0.4, 0.5) is 0 Å². The summed E-state index contributed by atoms with van der Waals surface area (Å²) in [6.45, 7) is 0. The Labute approximate surface area is 126 Å². The average Bonchev–Trinajstić information content (AvgIpc) is 2.49. The van der Waals surface area contributed by atoms with Crippen molar-refractivity contribution >= 4 is 29.2 Å². The van der Waals surface area contributed by atoms with Crippen molar-refractivity contribution in [2.24, 2.45) is 10.9 Å². The SMILES string of the molecule is CSc1ccc(Oc2ccc(C(N)=NO)cc2Cl)cc1. The molecule has 104 valence electrons. The Hall–Kier alpha value is -1.85. The van der Waals surface area contributed by atoms with Crippen LogP contribution in [0.25, 0.3) is 0 Å². The molecule has 0 saturated heterocycles. The van der Waals surface area contributed by atoms with Crippen molar-refractivity contribution in [3.63, 3.8) is 0 Å². The van der Waals surface area contributed by atoms with E-state index in [-0.39, 0.29) is 5.84 Å². The molecular formula is C14H13ClN2O2S. The summed E-state index contributed by atoms with van der Waals surface area (Å²) in [5.41, 5.74) is 6.03. The van der Waals surface area contributed by atoms with E-state index in [1.165, 1.54) is 0 Å². The minimum Gasteiger partial charge on any atom is -0.456 e. The maximum absolute atomic E-state index is 8.62. The maximum Gasteiger partial charge on any atom is 0.170 e. The van der Waals surface area contributed by atoms with Gasteiger partial charge in [-0.1, -0.05) is 16.8 Å². The van der Waals surface area contributed by atoms with Gasteiger partial charge in [-0.3, -0.25) is 0 Å². The van der Waals surface area contributed by atoms with Crippen LogP contribution in [0.1, 0.15) is 5.56 Å². The highest BCUT2D eigenvalue weighted by atomic mass is 35.5. The molecule has 0 atom stereocenters. The molecule has 0 aliphatic heterocycles. The van der Waals surface area contributed by atoms with Crippen LogP contribution in [-0.2, 0) is 0 Å². The van der Waals surface area contributed by atoms with Crippen molar-refractivity contribution in [1.82, 2.24) is 0 Å². The van der Waals surface area contributed by atoms with Gasteiger partial charge in [-0.15, -0.1) is 11.8 Å². The predicted octanol–water partition coefficient (Wildman–Crippen LogP) is 3.95. The molecule has 4 nitrogen and oxygen atoms in total. The van der Waals surface area contributed by atoms with Crippen molar-refractivity contribution in [1.29, 1.82) is 0 Å². The zero-order valence-corrected chi connectivity index (χ0v) is 12.3. The van der Waals surface area contributed by atoms with Crippen LogP contribution in [0.3, 0.4) is 0 Å². The molecule has 0 bridgehead atoms. The molecule has 6 heteroatoms. The number of oxime groups is 1. The van der Waals surface area contributed by atoms with Crippen LogP contribution >= 0.6 is 23.4 Å². The summed E-state index contributed by atoms with van der Waals surface area (Å²) in [6.07, 6.45) is 2.01. The number of nitrogens with zero attached hydrogens (tertiary/aromatic N) is 1. The van der Waals surface area contributed by atoms with Crippen LogP contribution in [0.5, 0.6) is 11.5 Å². The first-order chi connectivity index (χ1) is 9.63. The van der Waals surface area contributed by atoms with Crippen LogP contribution in [0.2, 0.25) is 5.02 Å². The van der Waals surface area contributed by atoms with Gasteiger partial charge in [0.05, 0.1) is 5.02 Å². The van der Waals surface area contributed by atoms with Gasteiger partial charge < -0.3 is 15.7 Å². The third-order valence-electron chi connectivity index (χ3n) is 2.62. The summed E-state index contributed by atoms with van der Waals surface area (Å²) in [5.74, 6) is 1.21. The number of hydrogen-bond acceptors (Lipinski definition) is 4. The van der Waals surface area contributed by atoms with Crippen LogP contribution < -0.4 is 10.5 Å². The Morgan fingerprint density at radius 2 is 1.95 bits per heavy atom. The smallest absolute Gasteiger partial charge is 0.170 e. The van der Waals surface area contributed by atoms with Gasteiger partial charge in [0.15, 0.2) is 5.84 Å². The van der Waals surface area contributed by atoms with E-state index in [4.69, 9.17) is 27.3 Å².